The van der Waals surface area contributed by atoms with E-state index in [9.17, 15) is 13.2 Å². The molecule has 0 aromatic carbocycles. The van der Waals surface area contributed by atoms with Gasteiger partial charge in [0.1, 0.15) is 0 Å². The lowest BCUT2D eigenvalue weighted by Gasteiger charge is -2.03. The maximum Gasteiger partial charge on any atom is 0.415 e. The van der Waals surface area contributed by atoms with Crippen LogP contribution in [0.3, 0.4) is 0 Å². The predicted molar refractivity (Wildman–Crippen MR) is 50.5 cm³/mol. The van der Waals surface area contributed by atoms with Gasteiger partial charge in [0.05, 0.1) is 0 Å². The smallest absolute Gasteiger partial charge is 0.166 e. The molecule has 0 saturated carbocycles. The van der Waals surface area contributed by atoms with Gasteiger partial charge in [-0.25, -0.2) is 0 Å². The minimum absolute atomic E-state index is 0.565. The van der Waals surface area contributed by atoms with Gasteiger partial charge >= 0.3 is 6.18 Å². The molecule has 0 nitrogen and oxygen atoms in total. The number of hydrogen-bond donors (Lipinski definition) is 0. The van der Waals surface area contributed by atoms with Crippen molar-refractivity contribution in [1.29, 1.82) is 0 Å². The molecule has 0 N–H and O–H groups in total. The molecular weight excluding hydrogens is 177 g/mol. The zero-order valence-corrected chi connectivity index (χ0v) is 8.20. The summed E-state index contributed by atoms with van der Waals surface area (Å²) in [7, 11) is 0. The third-order valence-corrected chi connectivity index (χ3v) is 0.933. The minimum atomic E-state index is -4.33. The molecule has 0 saturated heterocycles. The minimum Gasteiger partial charge on any atom is -0.166 e. The lowest BCUT2D eigenvalue weighted by Crippen LogP contribution is -2.08. The molecule has 0 bridgehead atoms. The van der Waals surface area contributed by atoms with Crippen molar-refractivity contribution in [3.63, 3.8) is 0 Å². The van der Waals surface area contributed by atoms with Gasteiger partial charge in [-0.2, -0.15) is 13.2 Å². The Balaban J connectivity index is 0. The van der Waals surface area contributed by atoms with Crippen LogP contribution < -0.4 is 0 Å². The maximum atomic E-state index is 11.7. The van der Waals surface area contributed by atoms with Crippen molar-refractivity contribution in [1.82, 2.24) is 0 Å². The zero-order chi connectivity index (χ0) is 11.1. The maximum absolute atomic E-state index is 11.7. The Morgan fingerprint density at radius 3 is 1.69 bits per heavy atom. The lowest BCUT2D eigenvalue weighted by atomic mass is 10.2. The van der Waals surface area contributed by atoms with Crippen LogP contribution in [0.2, 0.25) is 0 Å². The highest BCUT2D eigenvalue weighted by molar-refractivity contribution is 5.25. The normalized spacial score (nSPS) is 10.6. The topological polar surface area (TPSA) is 0 Å². The van der Waals surface area contributed by atoms with Crippen molar-refractivity contribution >= 4 is 0 Å². The standard InChI is InChI=1S/C8H9F3.C2H6/c1-6(2)4-5-7(3)8(9,10)11;1-2/h4-5H,1,3H2,2H3;1-2H3/b5-4-;. The Morgan fingerprint density at radius 1 is 1.08 bits per heavy atom. The van der Waals surface area contributed by atoms with Crippen molar-refractivity contribution in [3.8, 4) is 0 Å². The van der Waals surface area contributed by atoms with Crippen LogP contribution in [-0.2, 0) is 0 Å². The first-order valence-corrected chi connectivity index (χ1v) is 3.93. The number of allylic oxidation sites excluding steroid dienone is 4. The zero-order valence-electron chi connectivity index (χ0n) is 8.20. The van der Waals surface area contributed by atoms with Crippen LogP contribution in [0.4, 0.5) is 13.2 Å². The van der Waals surface area contributed by atoms with Crippen molar-refractivity contribution in [2.45, 2.75) is 26.9 Å². The van der Waals surface area contributed by atoms with Crippen LogP contribution >= 0.6 is 0 Å². The molecule has 0 aromatic heterocycles. The summed E-state index contributed by atoms with van der Waals surface area (Å²) >= 11 is 0. The number of hydrogen-bond acceptors (Lipinski definition) is 0. The molecule has 0 unspecified atom stereocenters. The SMILES string of the molecule is C=C(C)/C=C\C(=C)C(F)(F)F.CC. The summed E-state index contributed by atoms with van der Waals surface area (Å²) in [5.41, 5.74) is -0.295. The molecule has 0 aliphatic heterocycles. The van der Waals surface area contributed by atoms with Gasteiger partial charge in [0.15, 0.2) is 0 Å². The van der Waals surface area contributed by atoms with E-state index in [2.05, 4.69) is 13.2 Å². The monoisotopic (exact) mass is 192 g/mol. The Labute approximate surface area is 77.5 Å². The molecule has 0 rings (SSSR count). The van der Waals surface area contributed by atoms with Crippen LogP contribution in [0.25, 0.3) is 0 Å². The summed E-state index contributed by atoms with van der Waals surface area (Å²) in [4.78, 5) is 0. The summed E-state index contributed by atoms with van der Waals surface area (Å²) in [5, 5.41) is 0. The highest BCUT2D eigenvalue weighted by atomic mass is 19.4. The predicted octanol–water partition coefficient (Wildman–Crippen LogP) is 4.26. The molecule has 0 spiro atoms. The van der Waals surface area contributed by atoms with E-state index in [1.165, 1.54) is 6.08 Å². The third kappa shape index (κ3) is 8.92. The highest BCUT2D eigenvalue weighted by Crippen LogP contribution is 2.24. The molecule has 3 heteroatoms. The molecule has 0 amide bonds. The van der Waals surface area contributed by atoms with E-state index >= 15 is 0 Å². The molecule has 76 valence electrons. The van der Waals surface area contributed by atoms with Crippen molar-refractivity contribution in [3.05, 3.63) is 36.5 Å². The summed E-state index contributed by atoms with van der Waals surface area (Å²) in [6, 6.07) is 0. The van der Waals surface area contributed by atoms with Gasteiger partial charge in [-0.1, -0.05) is 44.7 Å². The number of halogens is 3. The average Bonchev–Trinajstić information content (AvgIpc) is 2.02. The fraction of sp³-hybridized carbons (Fsp3) is 0.400. The second-order valence-corrected chi connectivity index (χ2v) is 2.20. The van der Waals surface area contributed by atoms with Crippen LogP contribution in [0.1, 0.15) is 20.8 Å². The Bertz CT molecular complexity index is 197. The fourth-order valence-electron chi connectivity index (χ4n) is 0.337. The molecule has 0 aromatic rings. The Hall–Kier alpha value is -0.990. The molecule has 13 heavy (non-hydrogen) atoms. The second-order valence-electron chi connectivity index (χ2n) is 2.20. The first-order chi connectivity index (χ1) is 5.84. The summed E-state index contributed by atoms with van der Waals surface area (Å²) < 4.78 is 35.2. The van der Waals surface area contributed by atoms with Crippen molar-refractivity contribution in [2.75, 3.05) is 0 Å². The van der Waals surface area contributed by atoms with E-state index < -0.39 is 11.7 Å². The largest absolute Gasteiger partial charge is 0.415 e. The average molecular weight is 192 g/mol. The molecule has 0 aliphatic rings. The van der Waals surface area contributed by atoms with Gasteiger partial charge in [0, 0.05) is 5.57 Å². The van der Waals surface area contributed by atoms with Crippen LogP contribution in [-0.4, -0.2) is 6.18 Å². The Morgan fingerprint density at radius 2 is 1.46 bits per heavy atom. The van der Waals surface area contributed by atoms with Gasteiger partial charge in [0.25, 0.3) is 0 Å². The summed E-state index contributed by atoms with van der Waals surface area (Å²) in [6.07, 6.45) is -2.15. The third-order valence-electron chi connectivity index (χ3n) is 0.933. The van der Waals surface area contributed by atoms with Crippen molar-refractivity contribution in [2.24, 2.45) is 0 Å². The lowest BCUT2D eigenvalue weighted by molar-refractivity contribution is -0.0878. The van der Waals surface area contributed by atoms with Gasteiger partial charge in [-0.3, -0.25) is 0 Å². The fourth-order valence-corrected chi connectivity index (χ4v) is 0.337. The number of rotatable bonds is 2. The van der Waals surface area contributed by atoms with Gasteiger partial charge in [-0.05, 0) is 6.92 Å². The van der Waals surface area contributed by atoms with Gasteiger partial charge < -0.3 is 0 Å². The van der Waals surface area contributed by atoms with E-state index in [4.69, 9.17) is 0 Å². The molecule has 0 heterocycles. The molecule has 0 aliphatic carbocycles. The van der Waals surface area contributed by atoms with Crippen molar-refractivity contribution < 1.29 is 13.2 Å². The van der Waals surface area contributed by atoms with Crippen LogP contribution in [0, 0.1) is 0 Å². The van der Waals surface area contributed by atoms with E-state index in [-0.39, 0.29) is 0 Å². The van der Waals surface area contributed by atoms with Gasteiger partial charge in [-0.15, -0.1) is 0 Å². The molecular formula is C10H15F3. The first kappa shape index (κ1) is 14.5. The van der Waals surface area contributed by atoms with E-state index in [0.717, 1.165) is 6.08 Å². The quantitative estimate of drug-likeness (QED) is 0.573. The summed E-state index contributed by atoms with van der Waals surface area (Å²) in [5.74, 6) is 0. The van der Waals surface area contributed by atoms with E-state index in [1.54, 1.807) is 6.92 Å². The summed E-state index contributed by atoms with van der Waals surface area (Å²) in [6.45, 7) is 11.9. The van der Waals surface area contributed by atoms with E-state index in [0.29, 0.717) is 5.57 Å². The Kier molecular flexibility index (Phi) is 7.28. The molecule has 0 atom stereocenters. The molecule has 0 fully saturated rings. The first-order valence-electron chi connectivity index (χ1n) is 3.93. The second kappa shape index (κ2) is 6.52. The van der Waals surface area contributed by atoms with E-state index in [1.807, 2.05) is 13.8 Å². The van der Waals surface area contributed by atoms with Crippen LogP contribution in [0.15, 0.2) is 36.5 Å². The van der Waals surface area contributed by atoms with Crippen LogP contribution in [0.5, 0.6) is 0 Å². The highest BCUT2D eigenvalue weighted by Gasteiger charge is 2.29. The number of alkyl halides is 3. The molecule has 0 radical (unpaired) electrons. The van der Waals surface area contributed by atoms with Gasteiger partial charge in [0.2, 0.25) is 0 Å².